The Morgan fingerprint density at radius 2 is 1.96 bits per heavy atom. The van der Waals surface area contributed by atoms with Crippen LogP contribution in [-0.4, -0.2) is 17.9 Å². The Bertz CT molecular complexity index is 982. The fourth-order valence-electron chi connectivity index (χ4n) is 2.86. The number of oxazole rings is 1. The minimum Gasteiger partial charge on any atom is -0.441 e. The fourth-order valence-corrected chi connectivity index (χ4v) is 2.86. The van der Waals surface area contributed by atoms with Gasteiger partial charge < -0.3 is 9.32 Å². The Labute approximate surface area is 162 Å². The summed E-state index contributed by atoms with van der Waals surface area (Å²) in [5.74, 6) is -0.538. The lowest BCUT2D eigenvalue weighted by molar-refractivity contribution is -0.118. The molecule has 0 aliphatic rings. The summed E-state index contributed by atoms with van der Waals surface area (Å²) in [6.07, 6.45) is 1.87. The van der Waals surface area contributed by atoms with Crippen LogP contribution in [0.3, 0.4) is 0 Å². The van der Waals surface area contributed by atoms with Crippen LogP contribution < -0.4 is 4.90 Å². The third-order valence-electron chi connectivity index (χ3n) is 4.60. The lowest BCUT2D eigenvalue weighted by Crippen LogP contribution is -2.26. The van der Waals surface area contributed by atoms with Gasteiger partial charge in [-0.05, 0) is 35.7 Å². The number of carbonyl (C=O) groups is 1. The van der Waals surface area contributed by atoms with Gasteiger partial charge in [0.1, 0.15) is 11.6 Å². The van der Waals surface area contributed by atoms with Gasteiger partial charge in [-0.2, -0.15) is 0 Å². The van der Waals surface area contributed by atoms with Crippen molar-refractivity contribution in [1.29, 1.82) is 0 Å². The van der Waals surface area contributed by atoms with Crippen LogP contribution in [0.1, 0.15) is 37.6 Å². The SMILES string of the molecule is CC(C)c1cccc(N(C)C(=O)CCc2ncc(-c3ccc(F)cc3F)o2)c1. The molecule has 0 radical (unpaired) electrons. The van der Waals surface area contributed by atoms with Crippen LogP contribution in [0.25, 0.3) is 11.3 Å². The molecule has 4 nitrogen and oxygen atoms in total. The zero-order valence-electron chi connectivity index (χ0n) is 16.1. The van der Waals surface area contributed by atoms with Gasteiger partial charge in [0, 0.05) is 31.6 Å². The molecule has 1 aromatic heterocycles. The molecule has 0 spiro atoms. The number of aryl methyl sites for hydroxylation is 1. The second-order valence-corrected chi connectivity index (χ2v) is 6.94. The van der Waals surface area contributed by atoms with E-state index in [1.54, 1.807) is 11.9 Å². The summed E-state index contributed by atoms with van der Waals surface area (Å²) >= 11 is 0. The van der Waals surface area contributed by atoms with E-state index in [4.69, 9.17) is 4.42 Å². The number of halogens is 2. The highest BCUT2D eigenvalue weighted by atomic mass is 19.1. The predicted molar refractivity (Wildman–Crippen MR) is 104 cm³/mol. The molecule has 0 fully saturated rings. The van der Waals surface area contributed by atoms with Crippen LogP contribution in [0.15, 0.2) is 53.1 Å². The Morgan fingerprint density at radius 1 is 1.18 bits per heavy atom. The quantitative estimate of drug-likeness (QED) is 0.576. The van der Waals surface area contributed by atoms with E-state index in [1.165, 1.54) is 12.3 Å². The van der Waals surface area contributed by atoms with Gasteiger partial charge in [0.2, 0.25) is 5.91 Å². The van der Waals surface area contributed by atoms with Gasteiger partial charge in [0.25, 0.3) is 0 Å². The summed E-state index contributed by atoms with van der Waals surface area (Å²) in [5, 5.41) is 0. The maximum absolute atomic E-state index is 13.9. The van der Waals surface area contributed by atoms with E-state index in [9.17, 15) is 13.6 Å². The molecule has 0 aliphatic carbocycles. The van der Waals surface area contributed by atoms with Gasteiger partial charge in [-0.1, -0.05) is 26.0 Å². The first-order valence-electron chi connectivity index (χ1n) is 9.12. The molecule has 0 saturated carbocycles. The largest absolute Gasteiger partial charge is 0.441 e. The molecule has 1 amide bonds. The van der Waals surface area contributed by atoms with Crippen LogP contribution in [0.4, 0.5) is 14.5 Å². The van der Waals surface area contributed by atoms with E-state index in [1.807, 2.05) is 24.3 Å². The van der Waals surface area contributed by atoms with Gasteiger partial charge in [0.15, 0.2) is 11.7 Å². The van der Waals surface area contributed by atoms with E-state index in [-0.39, 0.29) is 30.1 Å². The molecule has 0 saturated heterocycles. The zero-order valence-corrected chi connectivity index (χ0v) is 16.1. The molecule has 3 rings (SSSR count). The third kappa shape index (κ3) is 4.44. The lowest BCUT2D eigenvalue weighted by atomic mass is 10.0. The van der Waals surface area contributed by atoms with Crippen molar-refractivity contribution in [3.05, 3.63) is 71.8 Å². The van der Waals surface area contributed by atoms with Crippen molar-refractivity contribution in [2.75, 3.05) is 11.9 Å². The maximum Gasteiger partial charge on any atom is 0.227 e. The van der Waals surface area contributed by atoms with Crippen molar-refractivity contribution in [2.24, 2.45) is 0 Å². The third-order valence-corrected chi connectivity index (χ3v) is 4.60. The summed E-state index contributed by atoms with van der Waals surface area (Å²) in [4.78, 5) is 18.2. The molecule has 0 atom stereocenters. The molecule has 0 aliphatic heterocycles. The molecule has 3 aromatic rings. The highest BCUT2D eigenvalue weighted by molar-refractivity contribution is 5.92. The van der Waals surface area contributed by atoms with Crippen molar-refractivity contribution < 1.29 is 18.0 Å². The molecule has 6 heteroatoms. The van der Waals surface area contributed by atoms with Crippen LogP contribution >= 0.6 is 0 Å². The summed E-state index contributed by atoms with van der Waals surface area (Å²) < 4.78 is 32.4. The predicted octanol–water partition coefficient (Wildman–Crippen LogP) is 5.34. The summed E-state index contributed by atoms with van der Waals surface area (Å²) in [5.41, 5.74) is 2.13. The smallest absolute Gasteiger partial charge is 0.227 e. The number of rotatable bonds is 6. The van der Waals surface area contributed by atoms with E-state index < -0.39 is 11.6 Å². The second kappa shape index (κ2) is 8.33. The number of aromatic nitrogens is 1. The number of hydrogen-bond acceptors (Lipinski definition) is 3. The van der Waals surface area contributed by atoms with Gasteiger partial charge in [-0.15, -0.1) is 0 Å². The zero-order chi connectivity index (χ0) is 20.3. The average molecular weight is 384 g/mol. The average Bonchev–Trinajstić information content (AvgIpc) is 3.14. The van der Waals surface area contributed by atoms with Crippen LogP contribution in [0.5, 0.6) is 0 Å². The van der Waals surface area contributed by atoms with Crippen LogP contribution in [0, 0.1) is 11.6 Å². The fraction of sp³-hybridized carbons (Fsp3) is 0.273. The Balaban J connectivity index is 1.65. The second-order valence-electron chi connectivity index (χ2n) is 6.94. The monoisotopic (exact) mass is 384 g/mol. The first-order valence-corrected chi connectivity index (χ1v) is 9.12. The maximum atomic E-state index is 13.9. The molecule has 0 unspecified atom stereocenters. The Morgan fingerprint density at radius 3 is 2.68 bits per heavy atom. The van der Waals surface area contributed by atoms with Gasteiger partial charge in [-0.3, -0.25) is 4.79 Å². The van der Waals surface area contributed by atoms with Crippen LogP contribution in [-0.2, 0) is 11.2 Å². The molecular weight excluding hydrogens is 362 g/mol. The Hall–Kier alpha value is -3.02. The van der Waals surface area contributed by atoms with E-state index in [2.05, 4.69) is 18.8 Å². The lowest BCUT2D eigenvalue weighted by Gasteiger charge is -2.18. The number of nitrogens with zero attached hydrogens (tertiary/aromatic N) is 2. The molecule has 28 heavy (non-hydrogen) atoms. The van der Waals surface area contributed by atoms with Crippen molar-refractivity contribution in [3.8, 4) is 11.3 Å². The van der Waals surface area contributed by atoms with Crippen molar-refractivity contribution in [3.63, 3.8) is 0 Å². The first kappa shape index (κ1) is 19.7. The van der Waals surface area contributed by atoms with Crippen molar-refractivity contribution in [2.45, 2.75) is 32.6 Å². The first-order chi connectivity index (χ1) is 13.3. The summed E-state index contributed by atoms with van der Waals surface area (Å²) in [6.45, 7) is 4.20. The number of amides is 1. The minimum absolute atomic E-state index is 0.0754. The number of benzene rings is 2. The van der Waals surface area contributed by atoms with E-state index in [0.717, 1.165) is 23.4 Å². The van der Waals surface area contributed by atoms with E-state index >= 15 is 0 Å². The van der Waals surface area contributed by atoms with E-state index in [0.29, 0.717) is 11.8 Å². The van der Waals surface area contributed by atoms with Gasteiger partial charge in [0.05, 0.1) is 11.8 Å². The summed E-state index contributed by atoms with van der Waals surface area (Å²) in [6, 6.07) is 11.1. The molecular formula is C22H22F2N2O2. The Kier molecular flexibility index (Phi) is 5.87. The highest BCUT2D eigenvalue weighted by Crippen LogP contribution is 2.25. The van der Waals surface area contributed by atoms with Crippen LogP contribution in [0.2, 0.25) is 0 Å². The minimum atomic E-state index is -0.719. The molecule has 0 N–H and O–H groups in total. The molecule has 146 valence electrons. The summed E-state index contributed by atoms with van der Waals surface area (Å²) in [7, 11) is 1.73. The molecule has 1 heterocycles. The number of anilines is 1. The standard InChI is InChI=1S/C22H22F2N2O2/c1-14(2)15-5-4-6-17(11-15)26(3)22(27)10-9-21-25-13-20(28-21)18-8-7-16(23)12-19(18)24/h4-8,11-14H,9-10H2,1-3H3. The highest BCUT2D eigenvalue weighted by Gasteiger charge is 2.16. The van der Waals surface area contributed by atoms with Crippen molar-refractivity contribution >= 4 is 11.6 Å². The van der Waals surface area contributed by atoms with Gasteiger partial charge in [-0.25, -0.2) is 13.8 Å². The number of hydrogen-bond donors (Lipinski definition) is 0. The topological polar surface area (TPSA) is 46.3 Å². The number of carbonyl (C=O) groups excluding carboxylic acids is 1. The van der Waals surface area contributed by atoms with Gasteiger partial charge >= 0.3 is 0 Å². The molecule has 0 bridgehead atoms. The normalized spacial score (nSPS) is 11.1. The molecule has 2 aromatic carbocycles. The van der Waals surface area contributed by atoms with Crippen molar-refractivity contribution in [1.82, 2.24) is 4.98 Å².